The SMILES string of the molecule is c1ccc(-c2nc(-c3c(-n4c5ccccc5c5ncccc54)ccc(-n4c5ccccc5c5ncccc54)c3-n3c4ccccc4c4ncccc43)nc(-n3c4ccccc4c4ccccc43)n2)cc1. The van der Waals surface area contributed by atoms with Crippen molar-refractivity contribution in [1.29, 1.82) is 0 Å². The molecule has 0 atom stereocenters. The third kappa shape index (κ3) is 5.43. The van der Waals surface area contributed by atoms with Gasteiger partial charge < -0.3 is 13.7 Å². The third-order valence-corrected chi connectivity index (χ3v) is 13.8. The molecular formula is C60H36N10. The van der Waals surface area contributed by atoms with Crippen LogP contribution in [0.3, 0.4) is 0 Å². The van der Waals surface area contributed by atoms with Crippen LogP contribution in [0, 0.1) is 0 Å². The molecule has 70 heavy (non-hydrogen) atoms. The van der Waals surface area contributed by atoms with Crippen molar-refractivity contribution in [3.05, 3.63) is 219 Å². The quantitative estimate of drug-likeness (QED) is 0.165. The van der Waals surface area contributed by atoms with Gasteiger partial charge in [0.15, 0.2) is 11.6 Å². The lowest BCUT2D eigenvalue weighted by molar-refractivity contribution is 0.948. The molecule has 0 aliphatic carbocycles. The number of hydrogen-bond acceptors (Lipinski definition) is 6. The number of para-hydroxylation sites is 5. The van der Waals surface area contributed by atoms with Crippen molar-refractivity contribution in [2.24, 2.45) is 0 Å². The summed E-state index contributed by atoms with van der Waals surface area (Å²) in [5.41, 5.74) is 14.8. The second-order valence-electron chi connectivity index (χ2n) is 17.5. The zero-order valence-electron chi connectivity index (χ0n) is 37.3. The molecule has 0 spiro atoms. The standard InChI is InChI=1S/C60H36N10/c1-2-17-37(18-3-1)58-64-59(66-60(65-58)70-43-24-9-4-19-38(43)39-20-5-10-25-44(39)70)53-48(67-45-26-11-6-21-40(45)54-49(67)29-14-34-61-54)32-33-52(68-46-27-12-7-22-41(46)55-50(68)30-15-35-62-55)57(53)69-47-28-13-8-23-42(47)56-51(69)31-16-36-63-56/h1-36H. The van der Waals surface area contributed by atoms with Crippen molar-refractivity contribution in [2.75, 3.05) is 0 Å². The zero-order valence-corrected chi connectivity index (χ0v) is 37.3. The van der Waals surface area contributed by atoms with Gasteiger partial charge in [-0.15, -0.1) is 0 Å². The zero-order chi connectivity index (χ0) is 45.9. The van der Waals surface area contributed by atoms with Gasteiger partial charge in [0.05, 0.1) is 83.3 Å². The average Bonchev–Trinajstić information content (AvgIpc) is 4.16. The van der Waals surface area contributed by atoms with Crippen LogP contribution < -0.4 is 0 Å². The highest BCUT2D eigenvalue weighted by Gasteiger charge is 2.30. The molecule has 8 aromatic heterocycles. The molecule has 0 saturated carbocycles. The van der Waals surface area contributed by atoms with Crippen LogP contribution in [0.5, 0.6) is 0 Å². The molecule has 7 aromatic carbocycles. The van der Waals surface area contributed by atoms with E-state index in [9.17, 15) is 0 Å². The third-order valence-electron chi connectivity index (χ3n) is 13.8. The minimum Gasteiger partial charge on any atom is -0.307 e. The number of hydrogen-bond donors (Lipinski definition) is 0. The highest BCUT2D eigenvalue weighted by atomic mass is 15.2. The summed E-state index contributed by atoms with van der Waals surface area (Å²) in [6, 6.07) is 69.6. The second-order valence-corrected chi connectivity index (χ2v) is 17.5. The van der Waals surface area contributed by atoms with E-state index in [0.717, 1.165) is 116 Å². The van der Waals surface area contributed by atoms with Crippen LogP contribution in [0.25, 0.3) is 133 Å². The van der Waals surface area contributed by atoms with Crippen LogP contribution in [-0.2, 0) is 0 Å². The first-order valence-electron chi connectivity index (χ1n) is 23.3. The number of nitrogens with zero attached hydrogens (tertiary/aromatic N) is 10. The van der Waals surface area contributed by atoms with Gasteiger partial charge in [0, 0.05) is 51.1 Å². The topological polar surface area (TPSA) is 97.1 Å². The van der Waals surface area contributed by atoms with Gasteiger partial charge >= 0.3 is 0 Å². The van der Waals surface area contributed by atoms with E-state index in [2.05, 4.69) is 182 Å². The van der Waals surface area contributed by atoms with Gasteiger partial charge in [-0.25, -0.2) is 4.98 Å². The smallest absolute Gasteiger partial charge is 0.238 e. The fourth-order valence-corrected chi connectivity index (χ4v) is 10.9. The maximum atomic E-state index is 5.74. The first-order chi connectivity index (χ1) is 34.8. The fraction of sp³-hybridized carbons (Fsp3) is 0. The van der Waals surface area contributed by atoms with Crippen molar-refractivity contribution in [3.63, 3.8) is 0 Å². The lowest BCUT2D eigenvalue weighted by Gasteiger charge is -2.24. The molecule has 0 saturated heterocycles. The fourth-order valence-electron chi connectivity index (χ4n) is 10.9. The van der Waals surface area contributed by atoms with Gasteiger partial charge in [-0.05, 0) is 78.9 Å². The van der Waals surface area contributed by atoms with Crippen LogP contribution in [0.15, 0.2) is 219 Å². The lowest BCUT2D eigenvalue weighted by Crippen LogP contribution is -2.12. The van der Waals surface area contributed by atoms with Crippen LogP contribution in [0.2, 0.25) is 0 Å². The maximum absolute atomic E-state index is 5.74. The Kier molecular flexibility index (Phi) is 8.13. The Balaban J connectivity index is 1.20. The van der Waals surface area contributed by atoms with Crippen molar-refractivity contribution in [2.45, 2.75) is 0 Å². The summed E-state index contributed by atoms with van der Waals surface area (Å²) >= 11 is 0. The largest absolute Gasteiger partial charge is 0.307 e. The van der Waals surface area contributed by atoms with E-state index in [1.165, 1.54) is 0 Å². The van der Waals surface area contributed by atoms with Crippen molar-refractivity contribution in [3.8, 4) is 45.8 Å². The number of rotatable bonds is 6. The number of pyridine rings is 3. The predicted octanol–water partition coefficient (Wildman–Crippen LogP) is 13.8. The summed E-state index contributed by atoms with van der Waals surface area (Å²) in [6.45, 7) is 0. The van der Waals surface area contributed by atoms with Crippen molar-refractivity contribution in [1.82, 2.24) is 48.2 Å². The summed E-state index contributed by atoms with van der Waals surface area (Å²) in [7, 11) is 0. The van der Waals surface area contributed by atoms with Gasteiger partial charge in [-0.2, -0.15) is 9.97 Å². The van der Waals surface area contributed by atoms with E-state index in [0.29, 0.717) is 17.6 Å². The molecule has 0 fully saturated rings. The normalized spacial score (nSPS) is 12.0. The summed E-state index contributed by atoms with van der Waals surface area (Å²) < 4.78 is 9.21. The number of benzene rings is 7. The monoisotopic (exact) mass is 896 g/mol. The Morgan fingerprint density at radius 2 is 0.657 bits per heavy atom. The summed E-state index contributed by atoms with van der Waals surface area (Å²) in [5.74, 6) is 1.53. The van der Waals surface area contributed by atoms with Gasteiger partial charge in [0.2, 0.25) is 5.95 Å². The van der Waals surface area contributed by atoms with E-state index in [1.54, 1.807) is 0 Å². The van der Waals surface area contributed by atoms with Gasteiger partial charge in [-0.3, -0.25) is 19.5 Å². The van der Waals surface area contributed by atoms with Crippen LogP contribution in [0.1, 0.15) is 0 Å². The van der Waals surface area contributed by atoms with Crippen LogP contribution >= 0.6 is 0 Å². The molecule has 0 bridgehead atoms. The first-order valence-corrected chi connectivity index (χ1v) is 23.3. The number of fused-ring (bicyclic) bond motifs is 12. The van der Waals surface area contributed by atoms with Crippen LogP contribution in [-0.4, -0.2) is 48.2 Å². The summed E-state index contributed by atoms with van der Waals surface area (Å²) in [6.07, 6.45) is 5.61. The van der Waals surface area contributed by atoms with Crippen molar-refractivity contribution < 1.29 is 0 Å². The molecule has 0 radical (unpaired) electrons. The minimum atomic E-state index is 0.487. The van der Waals surface area contributed by atoms with E-state index in [4.69, 9.17) is 29.9 Å². The molecule has 0 aliphatic heterocycles. The summed E-state index contributed by atoms with van der Waals surface area (Å²) in [4.78, 5) is 31.9. The Morgan fingerprint density at radius 3 is 1.19 bits per heavy atom. The van der Waals surface area contributed by atoms with Crippen LogP contribution in [0.4, 0.5) is 0 Å². The molecule has 0 amide bonds. The Labute approximate surface area is 398 Å². The van der Waals surface area contributed by atoms with E-state index in [-0.39, 0.29) is 0 Å². The molecule has 15 rings (SSSR count). The van der Waals surface area contributed by atoms with E-state index >= 15 is 0 Å². The molecule has 0 unspecified atom stereocenters. The second kappa shape index (κ2) is 14.9. The first kappa shape index (κ1) is 38.3. The molecule has 0 aliphatic rings. The lowest BCUT2D eigenvalue weighted by atomic mass is 10.0. The average molecular weight is 897 g/mol. The highest BCUT2D eigenvalue weighted by Crippen LogP contribution is 2.45. The molecule has 10 heteroatoms. The predicted molar refractivity (Wildman–Crippen MR) is 281 cm³/mol. The maximum Gasteiger partial charge on any atom is 0.238 e. The molecule has 10 nitrogen and oxygen atoms in total. The number of aromatic nitrogens is 10. The minimum absolute atomic E-state index is 0.487. The van der Waals surface area contributed by atoms with E-state index < -0.39 is 0 Å². The highest BCUT2D eigenvalue weighted by molar-refractivity contribution is 6.13. The Morgan fingerprint density at radius 1 is 0.271 bits per heavy atom. The molecular weight excluding hydrogens is 861 g/mol. The van der Waals surface area contributed by atoms with Gasteiger partial charge in [0.1, 0.15) is 0 Å². The summed E-state index contributed by atoms with van der Waals surface area (Å²) in [5, 5.41) is 5.33. The molecule has 326 valence electrons. The van der Waals surface area contributed by atoms with Gasteiger partial charge in [-0.1, -0.05) is 121 Å². The Hall–Kier alpha value is -9.80. The van der Waals surface area contributed by atoms with Crippen molar-refractivity contribution >= 4 is 87.6 Å². The van der Waals surface area contributed by atoms with E-state index in [1.807, 2.05) is 55.0 Å². The van der Waals surface area contributed by atoms with Gasteiger partial charge in [0.25, 0.3) is 0 Å². The Bertz CT molecular complexity index is 4400. The molecule has 0 N–H and O–H groups in total. The molecule has 15 aromatic rings. The molecule has 8 heterocycles.